The highest BCUT2D eigenvalue weighted by Gasteiger charge is 2.04. The van der Waals surface area contributed by atoms with Gasteiger partial charge in [0.15, 0.2) is 5.90 Å². The van der Waals surface area contributed by atoms with Crippen LogP contribution in [0.25, 0.3) is 0 Å². The molecule has 0 heterocycles. The third kappa shape index (κ3) is 3.22. The third-order valence-corrected chi connectivity index (χ3v) is 0.971. The fourth-order valence-corrected chi connectivity index (χ4v) is 0.566. The monoisotopic (exact) mass is 143 g/mol. The summed E-state index contributed by atoms with van der Waals surface area (Å²) in [4.78, 5) is 14.1. The maximum Gasteiger partial charge on any atom is 0.245 e. The van der Waals surface area contributed by atoms with Crippen LogP contribution >= 0.6 is 0 Å². The van der Waals surface area contributed by atoms with Crippen molar-refractivity contribution in [1.82, 2.24) is 0 Å². The van der Waals surface area contributed by atoms with Crippen LogP contribution < -0.4 is 0 Å². The number of methoxy groups -OCH3 is 1. The second-order valence-electron chi connectivity index (χ2n) is 2.33. The molecule has 0 aromatic carbocycles. The highest BCUT2D eigenvalue weighted by atomic mass is 16.5. The van der Waals surface area contributed by atoms with Crippen LogP contribution in [0.2, 0.25) is 0 Å². The van der Waals surface area contributed by atoms with Gasteiger partial charge in [-0.05, 0) is 0 Å². The molecule has 0 aliphatic heterocycles. The van der Waals surface area contributed by atoms with Crippen LogP contribution in [0.15, 0.2) is 4.99 Å². The molecule has 58 valence electrons. The van der Waals surface area contributed by atoms with Gasteiger partial charge < -0.3 is 4.74 Å². The van der Waals surface area contributed by atoms with Crippen LogP contribution in [-0.2, 0) is 9.53 Å². The lowest BCUT2D eigenvalue weighted by molar-refractivity contribution is -0.115. The van der Waals surface area contributed by atoms with Crippen molar-refractivity contribution in [3.05, 3.63) is 0 Å². The topological polar surface area (TPSA) is 38.7 Å². The summed E-state index contributed by atoms with van der Waals surface area (Å²) in [6.07, 6.45) is 0. The first-order valence-corrected chi connectivity index (χ1v) is 3.21. The van der Waals surface area contributed by atoms with Gasteiger partial charge in [-0.25, -0.2) is 0 Å². The number of carbonyl (C=O) groups excluding carboxylic acids is 1. The van der Waals surface area contributed by atoms with Crippen LogP contribution in [0, 0.1) is 5.92 Å². The summed E-state index contributed by atoms with van der Waals surface area (Å²) in [5.41, 5.74) is 0. The number of nitrogens with zero attached hydrogens (tertiary/aromatic N) is 1. The Hall–Kier alpha value is -0.860. The molecule has 0 N–H and O–H groups in total. The fraction of sp³-hybridized carbons (Fsp3) is 0.714. The second-order valence-corrected chi connectivity index (χ2v) is 2.33. The normalized spacial score (nSPS) is 11.9. The molecule has 0 aromatic heterocycles. The second kappa shape index (κ2) is 4.04. The quantitative estimate of drug-likeness (QED) is 0.409. The minimum Gasteiger partial charge on any atom is -0.484 e. The number of aliphatic imine (C=N–C) groups is 1. The van der Waals surface area contributed by atoms with Crippen molar-refractivity contribution < 1.29 is 9.53 Å². The van der Waals surface area contributed by atoms with E-state index in [-0.39, 0.29) is 11.8 Å². The Labute approximate surface area is 61.1 Å². The number of amides is 1. The maximum atomic E-state index is 10.4. The molecule has 0 rings (SSSR count). The highest BCUT2D eigenvalue weighted by molar-refractivity contribution is 5.90. The molecule has 0 radical (unpaired) electrons. The highest BCUT2D eigenvalue weighted by Crippen LogP contribution is 1.97. The Balaban J connectivity index is 4.18. The van der Waals surface area contributed by atoms with Gasteiger partial charge in [0.05, 0.1) is 7.11 Å². The molecule has 1 amide bonds. The number of hydrogen-bond acceptors (Lipinski definition) is 2. The molecule has 0 saturated carbocycles. The number of rotatable bonds is 1. The maximum absolute atomic E-state index is 10.4. The molecule has 3 heteroatoms. The van der Waals surface area contributed by atoms with E-state index in [1.807, 2.05) is 13.8 Å². The average Bonchev–Trinajstić information content (AvgIpc) is 1.81. The first-order valence-electron chi connectivity index (χ1n) is 3.21. The average molecular weight is 143 g/mol. The van der Waals surface area contributed by atoms with E-state index in [2.05, 4.69) is 4.99 Å². The molecule has 0 fully saturated rings. The summed E-state index contributed by atoms with van der Waals surface area (Å²) in [6.45, 7) is 5.25. The third-order valence-electron chi connectivity index (χ3n) is 0.971. The van der Waals surface area contributed by atoms with Crippen LogP contribution in [0.5, 0.6) is 0 Å². The Kier molecular flexibility index (Phi) is 3.69. The van der Waals surface area contributed by atoms with Gasteiger partial charge in [0.25, 0.3) is 0 Å². The van der Waals surface area contributed by atoms with E-state index in [9.17, 15) is 4.79 Å². The Morgan fingerprint density at radius 3 is 2.10 bits per heavy atom. The van der Waals surface area contributed by atoms with Crippen molar-refractivity contribution in [2.75, 3.05) is 7.11 Å². The first-order chi connectivity index (χ1) is 4.57. The van der Waals surface area contributed by atoms with Gasteiger partial charge in [0, 0.05) is 12.8 Å². The number of hydrogen-bond donors (Lipinski definition) is 0. The lowest BCUT2D eigenvalue weighted by Gasteiger charge is -2.05. The van der Waals surface area contributed by atoms with E-state index in [4.69, 9.17) is 4.74 Å². The van der Waals surface area contributed by atoms with Crippen molar-refractivity contribution in [2.45, 2.75) is 20.8 Å². The SMILES string of the molecule is COC(=NC(C)=O)C(C)C. The zero-order valence-corrected chi connectivity index (χ0v) is 6.84. The molecule has 3 nitrogen and oxygen atoms in total. The summed E-state index contributed by atoms with van der Waals surface area (Å²) < 4.78 is 4.85. The van der Waals surface area contributed by atoms with Crippen LogP contribution in [0.3, 0.4) is 0 Å². The molecular formula is C7H13NO2. The number of carbonyl (C=O) groups is 1. The molecule has 0 saturated heterocycles. The Bertz CT molecular complexity index is 150. The standard InChI is InChI=1S/C7H13NO2/c1-5(2)7(10-4)8-6(3)9/h5H,1-4H3. The smallest absolute Gasteiger partial charge is 0.245 e. The van der Waals surface area contributed by atoms with Gasteiger partial charge in [0.2, 0.25) is 5.91 Å². The molecule has 0 aliphatic rings. The van der Waals surface area contributed by atoms with E-state index in [1.54, 1.807) is 0 Å². The molecule has 0 aliphatic carbocycles. The predicted octanol–water partition coefficient (Wildman–Crippen LogP) is 1.23. The molecule has 10 heavy (non-hydrogen) atoms. The van der Waals surface area contributed by atoms with Gasteiger partial charge in [0.1, 0.15) is 0 Å². The molecule has 0 aromatic rings. The largest absolute Gasteiger partial charge is 0.484 e. The zero-order chi connectivity index (χ0) is 8.15. The number of ether oxygens (including phenoxy) is 1. The molecule has 0 unspecified atom stereocenters. The Morgan fingerprint density at radius 1 is 1.50 bits per heavy atom. The van der Waals surface area contributed by atoms with Gasteiger partial charge in [-0.2, -0.15) is 4.99 Å². The van der Waals surface area contributed by atoms with Gasteiger partial charge in [-0.3, -0.25) is 4.79 Å². The fourth-order valence-electron chi connectivity index (χ4n) is 0.566. The van der Waals surface area contributed by atoms with Crippen LogP contribution in [0.4, 0.5) is 0 Å². The zero-order valence-electron chi connectivity index (χ0n) is 6.84. The van der Waals surface area contributed by atoms with Crippen LogP contribution in [0.1, 0.15) is 20.8 Å². The van der Waals surface area contributed by atoms with E-state index in [0.29, 0.717) is 5.90 Å². The molecule has 0 spiro atoms. The van der Waals surface area contributed by atoms with Crippen molar-refractivity contribution in [3.63, 3.8) is 0 Å². The van der Waals surface area contributed by atoms with E-state index >= 15 is 0 Å². The lowest BCUT2D eigenvalue weighted by atomic mass is 10.2. The predicted molar refractivity (Wildman–Crippen MR) is 40.0 cm³/mol. The van der Waals surface area contributed by atoms with Crippen molar-refractivity contribution in [3.8, 4) is 0 Å². The van der Waals surface area contributed by atoms with Gasteiger partial charge >= 0.3 is 0 Å². The summed E-state index contributed by atoms with van der Waals surface area (Å²) in [7, 11) is 1.52. The van der Waals surface area contributed by atoms with Crippen LogP contribution in [-0.4, -0.2) is 18.9 Å². The van der Waals surface area contributed by atoms with Gasteiger partial charge in [-0.1, -0.05) is 13.8 Å². The lowest BCUT2D eigenvalue weighted by Crippen LogP contribution is -2.11. The molecule has 0 bridgehead atoms. The van der Waals surface area contributed by atoms with E-state index in [1.165, 1.54) is 14.0 Å². The van der Waals surface area contributed by atoms with Crippen molar-refractivity contribution in [2.24, 2.45) is 10.9 Å². The summed E-state index contributed by atoms with van der Waals surface area (Å²) >= 11 is 0. The summed E-state index contributed by atoms with van der Waals surface area (Å²) in [5, 5.41) is 0. The minimum absolute atomic E-state index is 0.175. The summed E-state index contributed by atoms with van der Waals surface area (Å²) in [6, 6.07) is 0. The first kappa shape index (κ1) is 9.14. The van der Waals surface area contributed by atoms with Gasteiger partial charge in [-0.15, -0.1) is 0 Å². The van der Waals surface area contributed by atoms with Crippen molar-refractivity contribution in [1.29, 1.82) is 0 Å². The molecular weight excluding hydrogens is 130 g/mol. The minimum atomic E-state index is -0.217. The van der Waals surface area contributed by atoms with Crippen molar-refractivity contribution >= 4 is 11.8 Å². The van der Waals surface area contributed by atoms with E-state index < -0.39 is 0 Å². The Morgan fingerprint density at radius 2 is 2.00 bits per heavy atom. The summed E-state index contributed by atoms with van der Waals surface area (Å²) in [5.74, 6) is 0.451. The van der Waals surface area contributed by atoms with E-state index in [0.717, 1.165) is 0 Å². The molecule has 0 atom stereocenters.